The molecule has 2 nitrogen and oxygen atoms in total. The molecule has 4 heteroatoms. The van der Waals surface area contributed by atoms with Gasteiger partial charge in [0.05, 0.1) is 8.59 Å². The molecule has 0 saturated carbocycles. The van der Waals surface area contributed by atoms with E-state index in [1.807, 2.05) is 22.6 Å². The minimum absolute atomic E-state index is 0.630. The molecule has 1 aromatic rings. The van der Waals surface area contributed by atoms with Crippen molar-refractivity contribution in [2.45, 2.75) is 6.92 Å². The molecule has 1 rings (SSSR count). The Labute approximate surface area is 77.5 Å². The third-order valence-corrected chi connectivity index (χ3v) is 3.21. The van der Waals surface area contributed by atoms with Gasteiger partial charge in [-0.05, 0) is 22.6 Å². The van der Waals surface area contributed by atoms with Crippen molar-refractivity contribution < 1.29 is 4.73 Å². The lowest BCUT2D eigenvalue weighted by molar-refractivity contribution is -0.613. The van der Waals surface area contributed by atoms with Crippen LogP contribution in [0.5, 0.6) is 0 Å². The Bertz CT molecular complexity index is 237. The smallest absolute Gasteiger partial charge is 0.204 e. The number of pyridine rings is 1. The molecule has 0 unspecified atom stereocenters. The molecule has 1 aromatic heterocycles. The fourth-order valence-electron chi connectivity index (χ4n) is 0.588. The zero-order valence-electron chi connectivity index (χ0n) is 5.27. The van der Waals surface area contributed by atoms with E-state index in [2.05, 4.69) is 0 Å². The Balaban J connectivity index is 3.34. The molecule has 54 valence electrons. The van der Waals surface area contributed by atoms with Gasteiger partial charge in [0, 0.05) is 13.0 Å². The standard InChI is InChI=1S/C6H5ClINO/c1-4-6(8)5(7)2-3-9(4)10/h2-3H,1H3. The highest BCUT2D eigenvalue weighted by molar-refractivity contribution is 14.1. The van der Waals surface area contributed by atoms with Gasteiger partial charge in [-0.1, -0.05) is 11.6 Å². The summed E-state index contributed by atoms with van der Waals surface area (Å²) in [4.78, 5) is 0. The van der Waals surface area contributed by atoms with E-state index in [-0.39, 0.29) is 0 Å². The predicted octanol–water partition coefficient (Wildman–Crippen LogP) is 1.89. The zero-order chi connectivity index (χ0) is 7.72. The van der Waals surface area contributed by atoms with Gasteiger partial charge < -0.3 is 5.21 Å². The van der Waals surface area contributed by atoms with E-state index in [4.69, 9.17) is 11.6 Å². The molecule has 0 aliphatic carbocycles. The summed E-state index contributed by atoms with van der Waals surface area (Å²) in [6, 6.07) is 1.59. The molecule has 0 aliphatic heterocycles. The summed E-state index contributed by atoms with van der Waals surface area (Å²) in [6.45, 7) is 1.74. The third-order valence-electron chi connectivity index (χ3n) is 1.21. The molecule has 0 N–H and O–H groups in total. The first-order valence-corrected chi connectivity index (χ1v) is 4.12. The van der Waals surface area contributed by atoms with E-state index >= 15 is 0 Å². The van der Waals surface area contributed by atoms with Crippen LogP contribution < -0.4 is 4.73 Å². The number of aromatic nitrogens is 1. The highest BCUT2D eigenvalue weighted by Crippen LogP contribution is 2.17. The maximum absolute atomic E-state index is 10.8. The Morgan fingerprint density at radius 1 is 1.70 bits per heavy atom. The summed E-state index contributed by atoms with van der Waals surface area (Å²) in [6.07, 6.45) is 1.40. The van der Waals surface area contributed by atoms with E-state index in [0.29, 0.717) is 10.7 Å². The Morgan fingerprint density at radius 3 is 2.80 bits per heavy atom. The maximum Gasteiger partial charge on any atom is 0.204 e. The quantitative estimate of drug-likeness (QED) is 0.401. The number of hydrogen-bond acceptors (Lipinski definition) is 1. The second-order valence-corrected chi connectivity index (χ2v) is 3.37. The summed E-state index contributed by atoms with van der Waals surface area (Å²) in [5.41, 5.74) is 0.646. The molecule has 10 heavy (non-hydrogen) atoms. The Morgan fingerprint density at radius 2 is 2.30 bits per heavy atom. The molecule has 0 atom stereocenters. The topological polar surface area (TPSA) is 26.9 Å². The van der Waals surface area contributed by atoms with Crippen molar-refractivity contribution in [3.63, 3.8) is 0 Å². The first kappa shape index (κ1) is 8.07. The van der Waals surface area contributed by atoms with Crippen LogP contribution in [0.3, 0.4) is 0 Å². The third kappa shape index (κ3) is 1.34. The van der Waals surface area contributed by atoms with Crippen molar-refractivity contribution in [3.8, 4) is 0 Å². The first-order valence-electron chi connectivity index (χ1n) is 2.66. The molecule has 0 aromatic carbocycles. The summed E-state index contributed by atoms with van der Waals surface area (Å²) in [7, 11) is 0. The van der Waals surface area contributed by atoms with Gasteiger partial charge in [-0.25, -0.2) is 0 Å². The number of halogens is 2. The second kappa shape index (κ2) is 2.92. The zero-order valence-corrected chi connectivity index (χ0v) is 8.18. The molecule has 0 amide bonds. The van der Waals surface area contributed by atoms with Gasteiger partial charge >= 0.3 is 0 Å². The van der Waals surface area contributed by atoms with Crippen LogP contribution in [0.1, 0.15) is 5.69 Å². The van der Waals surface area contributed by atoms with E-state index in [0.717, 1.165) is 8.30 Å². The van der Waals surface area contributed by atoms with E-state index in [9.17, 15) is 5.21 Å². The molecule has 0 saturated heterocycles. The Hall–Kier alpha value is -0.0300. The molecule has 0 fully saturated rings. The van der Waals surface area contributed by atoms with Gasteiger partial charge in [0.15, 0.2) is 6.20 Å². The van der Waals surface area contributed by atoms with Crippen LogP contribution >= 0.6 is 34.2 Å². The van der Waals surface area contributed by atoms with Gasteiger partial charge in [0.2, 0.25) is 5.69 Å². The van der Waals surface area contributed by atoms with Crippen molar-refractivity contribution in [1.29, 1.82) is 0 Å². The lowest BCUT2D eigenvalue weighted by Gasteiger charge is -2.01. The highest BCUT2D eigenvalue weighted by Gasteiger charge is 2.07. The molecule has 0 aliphatic rings. The SMILES string of the molecule is Cc1c(I)c(Cl)cc[n+]1[O-]. The predicted molar refractivity (Wildman–Crippen MR) is 47.9 cm³/mol. The molecule has 1 heterocycles. The van der Waals surface area contributed by atoms with Crippen LogP contribution in [0.15, 0.2) is 12.3 Å². The van der Waals surface area contributed by atoms with Crippen molar-refractivity contribution >= 4 is 34.2 Å². The van der Waals surface area contributed by atoms with Gasteiger partial charge in [-0.3, -0.25) is 0 Å². The highest BCUT2D eigenvalue weighted by atomic mass is 127. The summed E-state index contributed by atoms with van der Waals surface area (Å²) in [5, 5.41) is 11.5. The van der Waals surface area contributed by atoms with Gasteiger partial charge in [-0.15, -0.1) is 0 Å². The second-order valence-electron chi connectivity index (χ2n) is 1.89. The fraction of sp³-hybridized carbons (Fsp3) is 0.167. The molecule has 0 spiro atoms. The minimum atomic E-state index is 0.630. The average Bonchev–Trinajstić information content (AvgIpc) is 1.93. The van der Waals surface area contributed by atoms with Gasteiger partial charge in [0.25, 0.3) is 0 Å². The average molecular weight is 269 g/mol. The number of hydrogen-bond donors (Lipinski definition) is 0. The van der Waals surface area contributed by atoms with Crippen LogP contribution in [-0.4, -0.2) is 0 Å². The lowest BCUT2D eigenvalue weighted by Crippen LogP contribution is -2.30. The molecular formula is C6H5ClINO. The van der Waals surface area contributed by atoms with Crippen LogP contribution in [0.25, 0.3) is 0 Å². The summed E-state index contributed by atoms with van der Waals surface area (Å²) >= 11 is 7.77. The largest absolute Gasteiger partial charge is 0.618 e. The van der Waals surface area contributed by atoms with Crippen molar-refractivity contribution in [2.75, 3.05) is 0 Å². The van der Waals surface area contributed by atoms with E-state index in [1.165, 1.54) is 6.20 Å². The maximum atomic E-state index is 10.8. The van der Waals surface area contributed by atoms with Crippen LogP contribution in [0.4, 0.5) is 0 Å². The monoisotopic (exact) mass is 269 g/mol. The Kier molecular flexibility index (Phi) is 2.36. The fourth-order valence-corrected chi connectivity index (χ4v) is 1.20. The van der Waals surface area contributed by atoms with Crippen LogP contribution in [0.2, 0.25) is 5.02 Å². The lowest BCUT2D eigenvalue weighted by atomic mass is 10.4. The number of nitrogens with zero attached hydrogens (tertiary/aromatic N) is 1. The van der Waals surface area contributed by atoms with Crippen LogP contribution in [-0.2, 0) is 0 Å². The van der Waals surface area contributed by atoms with Gasteiger partial charge in [-0.2, -0.15) is 4.73 Å². The molecule has 0 bridgehead atoms. The minimum Gasteiger partial charge on any atom is -0.618 e. The van der Waals surface area contributed by atoms with Crippen LogP contribution in [0, 0.1) is 15.7 Å². The van der Waals surface area contributed by atoms with Crippen molar-refractivity contribution in [3.05, 3.63) is 31.8 Å². The molecule has 0 radical (unpaired) electrons. The van der Waals surface area contributed by atoms with E-state index in [1.54, 1.807) is 13.0 Å². The van der Waals surface area contributed by atoms with Gasteiger partial charge in [0.1, 0.15) is 0 Å². The van der Waals surface area contributed by atoms with E-state index < -0.39 is 0 Å². The summed E-state index contributed by atoms with van der Waals surface area (Å²) < 4.78 is 1.62. The normalized spacial score (nSPS) is 9.90. The first-order chi connectivity index (χ1) is 4.63. The molecular weight excluding hydrogens is 264 g/mol. The van der Waals surface area contributed by atoms with Crippen molar-refractivity contribution in [2.24, 2.45) is 0 Å². The number of rotatable bonds is 0. The summed E-state index contributed by atoms with van der Waals surface area (Å²) in [5.74, 6) is 0. The van der Waals surface area contributed by atoms with Crippen molar-refractivity contribution in [1.82, 2.24) is 0 Å².